The molecule has 6 aromatic rings. The molecule has 0 spiro atoms. The smallest absolute Gasteiger partial charge is 0.254 e. The molecular formula is C40H35Cl2F3N8O2. The number of hydrogen-bond donors (Lipinski definition) is 2. The lowest BCUT2D eigenvalue weighted by atomic mass is 10.0. The molecule has 2 amide bonds. The number of nitrogens with zero attached hydrogens (tertiary/aromatic N) is 6. The Morgan fingerprint density at radius 1 is 0.582 bits per heavy atom. The van der Waals surface area contributed by atoms with Crippen LogP contribution in [-0.2, 0) is 0 Å². The zero-order valence-corrected chi connectivity index (χ0v) is 30.9. The minimum absolute atomic E-state index is 0.0101. The molecule has 8 rings (SSSR count). The van der Waals surface area contributed by atoms with E-state index in [-0.39, 0.29) is 29.1 Å². The number of carbonyl (C=O) groups is 2. The molecule has 2 saturated heterocycles. The van der Waals surface area contributed by atoms with E-state index in [1.165, 1.54) is 18.5 Å². The van der Waals surface area contributed by atoms with Gasteiger partial charge in [0.1, 0.15) is 41.7 Å². The molecule has 282 valence electrons. The molecule has 0 saturated carbocycles. The zero-order valence-electron chi connectivity index (χ0n) is 29.4. The number of rotatable bonds is 6. The molecule has 2 N–H and O–H groups in total. The number of aromatic nitrogens is 4. The number of fused-ring (bicyclic) bond motifs is 2. The number of hydrogen-bond acceptors (Lipinski definition) is 8. The molecule has 0 unspecified atom stereocenters. The summed E-state index contributed by atoms with van der Waals surface area (Å²) in [6, 6.07) is 20.0. The molecule has 0 bridgehead atoms. The molecule has 0 radical (unpaired) electrons. The quantitative estimate of drug-likeness (QED) is 0.176. The summed E-state index contributed by atoms with van der Waals surface area (Å²) in [5, 5.41) is 8.90. The summed E-state index contributed by atoms with van der Waals surface area (Å²) in [6.07, 6.45) is 5.96. The molecule has 15 heteroatoms. The first-order chi connectivity index (χ1) is 26.6. The van der Waals surface area contributed by atoms with Gasteiger partial charge in [-0.1, -0.05) is 35.3 Å². The van der Waals surface area contributed by atoms with Crippen LogP contribution in [0.15, 0.2) is 91.5 Å². The van der Waals surface area contributed by atoms with Gasteiger partial charge < -0.3 is 20.4 Å². The Morgan fingerprint density at radius 2 is 1.05 bits per heavy atom. The van der Waals surface area contributed by atoms with Gasteiger partial charge in [-0.2, -0.15) is 0 Å². The molecule has 2 aliphatic heterocycles. The largest absolute Gasteiger partial charge is 0.356 e. The molecule has 2 aliphatic rings. The SMILES string of the molecule is O=C(NC1CCN(c2ncnc3cc(Cl)ccc23)CC1)c1ccc(F)cc1F.O=C(NC1CCN(c2ncnc3cc(Cl)ccc23)CC1)c1ccccc1F. The third-order valence-corrected chi connectivity index (χ3v) is 10.2. The van der Waals surface area contributed by atoms with Gasteiger partial charge in [-0.25, -0.2) is 33.1 Å². The van der Waals surface area contributed by atoms with Crippen molar-refractivity contribution in [2.24, 2.45) is 0 Å². The van der Waals surface area contributed by atoms with E-state index in [4.69, 9.17) is 23.2 Å². The van der Waals surface area contributed by atoms with Gasteiger partial charge in [0.15, 0.2) is 0 Å². The van der Waals surface area contributed by atoms with Crippen molar-refractivity contribution in [3.63, 3.8) is 0 Å². The van der Waals surface area contributed by atoms with E-state index in [1.807, 2.05) is 24.3 Å². The van der Waals surface area contributed by atoms with Crippen molar-refractivity contribution in [2.45, 2.75) is 37.8 Å². The molecule has 2 aromatic heterocycles. The predicted octanol–water partition coefficient (Wildman–Crippen LogP) is 7.78. The summed E-state index contributed by atoms with van der Waals surface area (Å²) in [6.45, 7) is 2.87. The van der Waals surface area contributed by atoms with Crippen LogP contribution in [0.4, 0.5) is 24.8 Å². The number of nitrogens with one attached hydrogen (secondary N) is 2. The minimum Gasteiger partial charge on any atom is -0.356 e. The number of anilines is 2. The zero-order chi connectivity index (χ0) is 38.5. The number of piperidine rings is 2. The number of benzene rings is 4. The second kappa shape index (κ2) is 16.9. The highest BCUT2D eigenvalue weighted by Gasteiger charge is 2.26. The van der Waals surface area contributed by atoms with Crippen LogP contribution in [0.1, 0.15) is 46.4 Å². The molecule has 4 aromatic carbocycles. The summed E-state index contributed by atoms with van der Waals surface area (Å²) >= 11 is 12.1. The Bertz CT molecular complexity index is 2350. The van der Waals surface area contributed by atoms with Gasteiger partial charge in [0, 0.05) is 65.1 Å². The highest BCUT2D eigenvalue weighted by atomic mass is 35.5. The maximum atomic E-state index is 13.8. The maximum Gasteiger partial charge on any atom is 0.254 e. The summed E-state index contributed by atoms with van der Waals surface area (Å²) in [7, 11) is 0. The van der Waals surface area contributed by atoms with Gasteiger partial charge in [-0.05, 0) is 86.3 Å². The van der Waals surface area contributed by atoms with E-state index in [1.54, 1.807) is 30.6 Å². The van der Waals surface area contributed by atoms with Crippen molar-refractivity contribution in [3.8, 4) is 0 Å². The maximum absolute atomic E-state index is 13.8. The van der Waals surface area contributed by atoms with Gasteiger partial charge in [0.05, 0.1) is 22.2 Å². The Labute approximate surface area is 324 Å². The lowest BCUT2D eigenvalue weighted by Gasteiger charge is -2.33. The fourth-order valence-corrected chi connectivity index (χ4v) is 7.19. The van der Waals surface area contributed by atoms with Crippen molar-refractivity contribution in [2.75, 3.05) is 36.0 Å². The summed E-state index contributed by atoms with van der Waals surface area (Å²) in [5.41, 5.74) is 1.52. The average Bonchev–Trinajstić information content (AvgIpc) is 3.18. The van der Waals surface area contributed by atoms with Gasteiger partial charge in [0.2, 0.25) is 0 Å². The highest BCUT2D eigenvalue weighted by Crippen LogP contribution is 2.29. The van der Waals surface area contributed by atoms with E-state index < -0.39 is 23.4 Å². The Hall–Kier alpha value is -5.53. The minimum atomic E-state index is -0.860. The Balaban J connectivity index is 0.000000169. The third-order valence-electron chi connectivity index (χ3n) is 9.71. The average molecular weight is 788 g/mol. The van der Waals surface area contributed by atoms with Crippen LogP contribution in [0, 0.1) is 17.5 Å². The van der Waals surface area contributed by atoms with Crippen LogP contribution in [0.25, 0.3) is 21.8 Å². The lowest BCUT2D eigenvalue weighted by Crippen LogP contribution is -2.45. The van der Waals surface area contributed by atoms with Crippen LogP contribution in [-0.4, -0.2) is 70.0 Å². The second-order valence-corrected chi connectivity index (χ2v) is 14.2. The molecule has 2 fully saturated rings. The number of halogens is 5. The van der Waals surface area contributed by atoms with Gasteiger partial charge in [0.25, 0.3) is 11.8 Å². The fraction of sp³-hybridized carbons (Fsp3) is 0.250. The molecule has 10 nitrogen and oxygen atoms in total. The van der Waals surface area contributed by atoms with Crippen LogP contribution in [0.2, 0.25) is 10.0 Å². The monoisotopic (exact) mass is 786 g/mol. The van der Waals surface area contributed by atoms with Crippen molar-refractivity contribution in [1.82, 2.24) is 30.6 Å². The summed E-state index contributed by atoms with van der Waals surface area (Å²) in [5.74, 6) is -1.27. The van der Waals surface area contributed by atoms with Crippen LogP contribution in [0.3, 0.4) is 0 Å². The summed E-state index contributed by atoms with van der Waals surface area (Å²) in [4.78, 5) is 46.3. The molecule has 0 atom stereocenters. The normalized spacial score (nSPS) is 15.1. The van der Waals surface area contributed by atoms with Crippen LogP contribution >= 0.6 is 23.2 Å². The van der Waals surface area contributed by atoms with Gasteiger partial charge in [-0.15, -0.1) is 0 Å². The molecule has 4 heterocycles. The molecular weight excluding hydrogens is 752 g/mol. The van der Waals surface area contributed by atoms with E-state index in [0.29, 0.717) is 42.0 Å². The fourth-order valence-electron chi connectivity index (χ4n) is 6.85. The van der Waals surface area contributed by atoms with Crippen molar-refractivity contribution in [1.29, 1.82) is 0 Å². The number of carbonyl (C=O) groups excluding carboxylic acids is 2. The van der Waals surface area contributed by atoms with Crippen LogP contribution < -0.4 is 20.4 Å². The van der Waals surface area contributed by atoms with E-state index >= 15 is 0 Å². The van der Waals surface area contributed by atoms with Gasteiger partial charge >= 0.3 is 0 Å². The topological polar surface area (TPSA) is 116 Å². The van der Waals surface area contributed by atoms with Crippen molar-refractivity contribution >= 4 is 68.5 Å². The van der Waals surface area contributed by atoms with E-state index in [0.717, 1.165) is 71.5 Å². The Kier molecular flexibility index (Phi) is 11.6. The van der Waals surface area contributed by atoms with E-state index in [2.05, 4.69) is 40.4 Å². The Morgan fingerprint density at radius 3 is 1.53 bits per heavy atom. The lowest BCUT2D eigenvalue weighted by molar-refractivity contribution is 0.0918. The van der Waals surface area contributed by atoms with Crippen LogP contribution in [0.5, 0.6) is 0 Å². The first kappa shape index (κ1) is 37.8. The molecule has 55 heavy (non-hydrogen) atoms. The second-order valence-electron chi connectivity index (χ2n) is 13.3. The highest BCUT2D eigenvalue weighted by molar-refractivity contribution is 6.31. The predicted molar refractivity (Wildman–Crippen MR) is 207 cm³/mol. The van der Waals surface area contributed by atoms with Crippen molar-refractivity contribution in [3.05, 3.63) is 130 Å². The van der Waals surface area contributed by atoms with Gasteiger partial charge in [-0.3, -0.25) is 9.59 Å². The van der Waals surface area contributed by atoms with Crippen molar-refractivity contribution < 1.29 is 22.8 Å². The third kappa shape index (κ3) is 8.90. The number of amides is 2. The standard InChI is InChI=1S/C20H17ClF2N4O.C20H18ClFN4O/c21-12-1-3-16-18(9-12)24-11-25-19(16)27-7-5-14(6-8-27)26-20(28)15-4-2-13(22)10-17(15)23;21-13-5-6-16-18(11-13)23-12-24-19(16)26-9-7-14(8-10-26)25-20(27)15-3-1-2-4-17(15)22/h1-4,9-11,14H,5-8H2,(H,26,28);1-6,11-12,14H,7-10H2,(H,25,27). The summed E-state index contributed by atoms with van der Waals surface area (Å²) < 4.78 is 40.6. The molecule has 0 aliphatic carbocycles. The first-order valence-electron chi connectivity index (χ1n) is 17.7. The van der Waals surface area contributed by atoms with E-state index in [9.17, 15) is 22.8 Å². The first-order valence-corrected chi connectivity index (χ1v) is 18.5.